The highest BCUT2D eigenvalue weighted by Gasteiger charge is 2.17. The second-order valence-electron chi connectivity index (χ2n) is 5.05. The summed E-state index contributed by atoms with van der Waals surface area (Å²) in [6.45, 7) is 0.637. The first-order chi connectivity index (χ1) is 9.46. The zero-order valence-corrected chi connectivity index (χ0v) is 12.6. The molecule has 0 fully saturated rings. The monoisotopic (exact) mass is 292 g/mol. The molecule has 2 rings (SSSR count). The smallest absolute Gasteiger partial charge is 0.149 e. The third kappa shape index (κ3) is 4.21. The van der Waals surface area contributed by atoms with Crippen molar-refractivity contribution in [2.45, 2.75) is 12.6 Å². The summed E-state index contributed by atoms with van der Waals surface area (Å²) in [6, 6.07) is 13.5. The van der Waals surface area contributed by atoms with Crippen LogP contribution in [-0.2, 0) is 23.4 Å². The second-order valence-corrected chi connectivity index (χ2v) is 7.23. The second kappa shape index (κ2) is 6.24. The molecule has 0 aliphatic rings. The van der Waals surface area contributed by atoms with Crippen LogP contribution >= 0.6 is 0 Å². The van der Waals surface area contributed by atoms with Gasteiger partial charge in [0.25, 0.3) is 0 Å². The van der Waals surface area contributed by atoms with E-state index in [4.69, 9.17) is 0 Å². The highest BCUT2D eigenvalue weighted by molar-refractivity contribution is 7.90. The quantitative estimate of drug-likeness (QED) is 0.884. The first-order valence-corrected chi connectivity index (χ1v) is 8.58. The first kappa shape index (κ1) is 14.8. The van der Waals surface area contributed by atoms with E-state index in [1.807, 2.05) is 60.3 Å². The number of nitrogens with zero attached hydrogens (tertiary/aromatic N) is 1. The minimum Gasteiger partial charge on any atom is -0.353 e. The lowest BCUT2D eigenvalue weighted by atomic mass is 10.1. The number of rotatable bonds is 6. The van der Waals surface area contributed by atoms with Gasteiger partial charge in [-0.25, -0.2) is 8.42 Å². The van der Waals surface area contributed by atoms with Crippen molar-refractivity contribution < 1.29 is 8.42 Å². The molecule has 1 heterocycles. The Bertz CT molecular complexity index is 648. The fourth-order valence-electron chi connectivity index (χ4n) is 2.17. The lowest BCUT2D eigenvalue weighted by Crippen LogP contribution is -2.28. The molecule has 0 aliphatic carbocycles. The average molecular weight is 292 g/mol. The van der Waals surface area contributed by atoms with Crippen LogP contribution in [0.25, 0.3) is 0 Å². The summed E-state index contributed by atoms with van der Waals surface area (Å²) in [6.07, 6.45) is 3.25. The van der Waals surface area contributed by atoms with Gasteiger partial charge in [-0.05, 0) is 17.7 Å². The number of hydrogen-bond donors (Lipinski definition) is 1. The van der Waals surface area contributed by atoms with E-state index in [0.29, 0.717) is 6.54 Å². The lowest BCUT2D eigenvalue weighted by Gasteiger charge is -2.18. The molecule has 1 aromatic heterocycles. The summed E-state index contributed by atoms with van der Waals surface area (Å²) in [5.41, 5.74) is 2.12. The minimum atomic E-state index is -3.04. The predicted molar refractivity (Wildman–Crippen MR) is 81.1 cm³/mol. The molecule has 0 bridgehead atoms. The Morgan fingerprint density at radius 2 is 1.85 bits per heavy atom. The highest BCUT2D eigenvalue weighted by Crippen LogP contribution is 2.15. The summed E-state index contributed by atoms with van der Waals surface area (Å²) in [5.74, 6) is 0.0986. The van der Waals surface area contributed by atoms with Gasteiger partial charge < -0.3 is 9.88 Å². The SMILES string of the molecule is Cn1cccc1CN[C@H](CS(C)(=O)=O)c1ccccc1. The van der Waals surface area contributed by atoms with E-state index < -0.39 is 9.84 Å². The molecular weight excluding hydrogens is 272 g/mol. The summed E-state index contributed by atoms with van der Waals surface area (Å²) < 4.78 is 25.2. The maximum absolute atomic E-state index is 11.6. The Labute approximate surface area is 120 Å². The van der Waals surface area contributed by atoms with Crippen LogP contribution in [0.15, 0.2) is 48.7 Å². The Morgan fingerprint density at radius 1 is 1.15 bits per heavy atom. The number of benzene rings is 1. The molecular formula is C15H20N2O2S. The Morgan fingerprint density at radius 3 is 2.40 bits per heavy atom. The largest absolute Gasteiger partial charge is 0.353 e. The predicted octanol–water partition coefficient (Wildman–Crippen LogP) is 1.90. The molecule has 4 nitrogen and oxygen atoms in total. The highest BCUT2D eigenvalue weighted by atomic mass is 32.2. The van der Waals surface area contributed by atoms with Crippen LogP contribution in [0.3, 0.4) is 0 Å². The van der Waals surface area contributed by atoms with Crippen molar-refractivity contribution in [1.82, 2.24) is 9.88 Å². The van der Waals surface area contributed by atoms with Crippen LogP contribution in [0.5, 0.6) is 0 Å². The molecule has 1 N–H and O–H groups in total. The molecule has 5 heteroatoms. The van der Waals surface area contributed by atoms with Gasteiger partial charge in [-0.15, -0.1) is 0 Å². The summed E-state index contributed by atoms with van der Waals surface area (Å²) >= 11 is 0. The van der Waals surface area contributed by atoms with Gasteiger partial charge in [-0.1, -0.05) is 30.3 Å². The van der Waals surface area contributed by atoms with E-state index in [0.717, 1.165) is 11.3 Å². The van der Waals surface area contributed by atoms with Crippen LogP contribution < -0.4 is 5.32 Å². The molecule has 0 unspecified atom stereocenters. The number of hydrogen-bond acceptors (Lipinski definition) is 3. The van der Waals surface area contributed by atoms with Crippen molar-refractivity contribution in [2.75, 3.05) is 12.0 Å². The van der Waals surface area contributed by atoms with Crippen LogP contribution in [-0.4, -0.2) is 25.0 Å². The van der Waals surface area contributed by atoms with Crippen molar-refractivity contribution in [3.05, 3.63) is 59.9 Å². The van der Waals surface area contributed by atoms with Crippen LogP contribution in [0.2, 0.25) is 0 Å². The molecule has 2 aromatic rings. The van der Waals surface area contributed by atoms with Crippen molar-refractivity contribution in [3.63, 3.8) is 0 Å². The van der Waals surface area contributed by atoms with Crippen molar-refractivity contribution in [2.24, 2.45) is 7.05 Å². The molecule has 20 heavy (non-hydrogen) atoms. The Balaban J connectivity index is 2.13. The number of nitrogens with one attached hydrogen (secondary N) is 1. The van der Waals surface area contributed by atoms with Crippen LogP contribution in [0.1, 0.15) is 17.3 Å². The molecule has 0 radical (unpaired) electrons. The molecule has 0 spiro atoms. The standard InChI is InChI=1S/C15H20N2O2S/c1-17-10-6-9-14(17)11-16-15(12-20(2,18)19)13-7-4-3-5-8-13/h3-10,15-16H,11-12H2,1-2H3/t15-/m1/s1. The van der Waals surface area contributed by atoms with Gasteiger partial charge in [0.15, 0.2) is 0 Å². The summed E-state index contributed by atoms with van der Waals surface area (Å²) in [5, 5.41) is 3.34. The van der Waals surface area contributed by atoms with Crippen molar-refractivity contribution >= 4 is 9.84 Å². The van der Waals surface area contributed by atoms with Gasteiger partial charge in [0.2, 0.25) is 0 Å². The molecule has 1 atom stereocenters. The van der Waals surface area contributed by atoms with Crippen molar-refractivity contribution in [3.8, 4) is 0 Å². The molecule has 1 aromatic carbocycles. The summed E-state index contributed by atoms with van der Waals surface area (Å²) in [4.78, 5) is 0. The maximum atomic E-state index is 11.6. The van der Waals surface area contributed by atoms with Crippen molar-refractivity contribution in [1.29, 1.82) is 0 Å². The number of sulfone groups is 1. The van der Waals surface area contributed by atoms with E-state index in [9.17, 15) is 8.42 Å². The maximum Gasteiger partial charge on any atom is 0.149 e. The topological polar surface area (TPSA) is 51.1 Å². The molecule has 0 amide bonds. The van der Waals surface area contributed by atoms with Gasteiger partial charge in [0, 0.05) is 37.8 Å². The normalized spacial score (nSPS) is 13.3. The van der Waals surface area contributed by atoms with E-state index in [-0.39, 0.29) is 11.8 Å². The van der Waals surface area contributed by atoms with Gasteiger partial charge in [-0.3, -0.25) is 0 Å². The van der Waals surface area contributed by atoms with E-state index in [2.05, 4.69) is 5.32 Å². The number of aryl methyl sites for hydroxylation is 1. The third-order valence-electron chi connectivity index (χ3n) is 3.25. The molecule has 108 valence electrons. The minimum absolute atomic E-state index is 0.0986. The van der Waals surface area contributed by atoms with Crippen LogP contribution in [0.4, 0.5) is 0 Å². The fraction of sp³-hybridized carbons (Fsp3) is 0.333. The zero-order valence-electron chi connectivity index (χ0n) is 11.8. The van der Waals surface area contributed by atoms with Gasteiger partial charge in [-0.2, -0.15) is 0 Å². The Kier molecular flexibility index (Phi) is 4.62. The van der Waals surface area contributed by atoms with E-state index in [1.54, 1.807) is 0 Å². The third-order valence-corrected chi connectivity index (χ3v) is 4.19. The average Bonchev–Trinajstić information content (AvgIpc) is 2.80. The fourth-order valence-corrected chi connectivity index (χ4v) is 3.08. The number of aromatic nitrogens is 1. The van der Waals surface area contributed by atoms with Crippen LogP contribution in [0, 0.1) is 0 Å². The first-order valence-electron chi connectivity index (χ1n) is 6.52. The van der Waals surface area contributed by atoms with E-state index in [1.165, 1.54) is 6.26 Å². The molecule has 0 saturated carbocycles. The summed E-state index contributed by atoms with van der Waals surface area (Å²) in [7, 11) is -1.06. The molecule has 0 saturated heterocycles. The molecule has 0 aliphatic heterocycles. The van der Waals surface area contributed by atoms with E-state index >= 15 is 0 Å². The van der Waals surface area contributed by atoms with Gasteiger partial charge in [0.05, 0.1) is 5.75 Å². The van der Waals surface area contributed by atoms with Gasteiger partial charge in [0.1, 0.15) is 9.84 Å². The zero-order chi connectivity index (χ0) is 14.6. The van der Waals surface area contributed by atoms with Gasteiger partial charge >= 0.3 is 0 Å². The Hall–Kier alpha value is -1.59. The lowest BCUT2D eigenvalue weighted by molar-refractivity contribution is 0.541.